The van der Waals surface area contributed by atoms with Gasteiger partial charge in [-0.25, -0.2) is 9.59 Å². The number of ether oxygens (including phenoxy) is 2. The Balaban J connectivity index is 0.966. The molecule has 0 spiro atoms. The number of carbonyl (C=O) groups is 12. The van der Waals surface area contributed by atoms with E-state index in [4.69, 9.17) is 9.47 Å². The summed E-state index contributed by atoms with van der Waals surface area (Å²) in [5.74, 6) is -9.26. The molecule has 96 heavy (non-hydrogen) atoms. The van der Waals surface area contributed by atoms with Gasteiger partial charge >= 0.3 is 24.0 Å². The third-order valence-corrected chi connectivity index (χ3v) is 18.3. The molecule has 6 N–H and O–H groups in total. The maximum Gasteiger partial charge on any atom is 0.410 e. The van der Waals surface area contributed by atoms with Crippen molar-refractivity contribution in [2.24, 2.45) is 22.7 Å². The number of hydrogen-bond donors (Lipinski definition) is 6. The number of likely N-dealkylation sites (N-methyl/N-ethyl adjacent to an activating group) is 2. The van der Waals surface area contributed by atoms with Gasteiger partial charge in [0.25, 0.3) is 0 Å². The van der Waals surface area contributed by atoms with Crippen LogP contribution < -0.4 is 31.9 Å². The van der Waals surface area contributed by atoms with Crippen molar-refractivity contribution in [3.8, 4) is 0 Å². The number of anilines is 2. The number of benzene rings is 4. The number of nitrogens with one attached hydrogen (secondary N) is 6. The fraction of sp³-hybridized carbons (Fsp3) is 0.543. The molecule has 4 aromatic rings. The van der Waals surface area contributed by atoms with E-state index in [0.717, 1.165) is 31.3 Å². The number of rotatable bonds is 16. The van der Waals surface area contributed by atoms with Crippen molar-refractivity contribution in [2.45, 2.75) is 169 Å². The van der Waals surface area contributed by atoms with Crippen LogP contribution >= 0.6 is 0 Å². The van der Waals surface area contributed by atoms with Gasteiger partial charge in [0.2, 0.25) is 47.3 Å². The highest BCUT2D eigenvalue weighted by atomic mass is 16.6. The summed E-state index contributed by atoms with van der Waals surface area (Å²) >= 11 is 0. The second-order valence-electron chi connectivity index (χ2n) is 29.6. The van der Waals surface area contributed by atoms with Crippen molar-refractivity contribution < 1.29 is 67.0 Å². The van der Waals surface area contributed by atoms with E-state index in [1.54, 1.807) is 107 Å². The summed E-state index contributed by atoms with van der Waals surface area (Å²) < 4.78 is 11.0. The van der Waals surface area contributed by atoms with E-state index in [0.29, 0.717) is 11.4 Å². The molecule has 0 bridgehead atoms. The Hall–Kier alpha value is -9.36. The first-order valence-electron chi connectivity index (χ1n) is 32.6. The van der Waals surface area contributed by atoms with Crippen LogP contribution in [0.25, 0.3) is 21.5 Å². The van der Waals surface area contributed by atoms with Crippen LogP contribution in [0, 0.1) is 22.7 Å². The van der Waals surface area contributed by atoms with Crippen molar-refractivity contribution >= 4 is 104 Å². The van der Waals surface area contributed by atoms with Crippen LogP contribution in [-0.2, 0) is 57.4 Å². The second kappa shape index (κ2) is 28.5. The van der Waals surface area contributed by atoms with Gasteiger partial charge in [0, 0.05) is 62.4 Å². The van der Waals surface area contributed by atoms with Crippen molar-refractivity contribution in [1.82, 2.24) is 50.7 Å². The molecule has 4 saturated heterocycles. The molecule has 0 radical (unpaired) electrons. The topological polar surface area (TPSA) is 315 Å². The third kappa shape index (κ3) is 16.3. The Bertz CT molecular complexity index is 3450. The molecule has 8 rings (SSSR count). The number of likely N-dealkylation sites (tertiary alicyclic amines) is 4. The van der Waals surface area contributed by atoms with Gasteiger partial charge in [-0.1, -0.05) is 114 Å². The van der Waals surface area contributed by atoms with Gasteiger partial charge in [-0.2, -0.15) is 0 Å². The fourth-order valence-corrected chi connectivity index (χ4v) is 13.0. The van der Waals surface area contributed by atoms with Crippen molar-refractivity contribution in [1.29, 1.82) is 0 Å². The number of carbonyl (C=O) groups excluding carboxylic acids is 12. The van der Waals surface area contributed by atoms with E-state index in [9.17, 15) is 47.9 Å². The number of amides is 12. The summed E-state index contributed by atoms with van der Waals surface area (Å²) in [6.07, 6.45) is -1.08. The maximum absolute atomic E-state index is 15.0. The normalized spacial score (nSPS) is 20.6. The van der Waals surface area contributed by atoms with Gasteiger partial charge in [-0.3, -0.25) is 57.7 Å². The predicted molar refractivity (Wildman–Crippen MR) is 359 cm³/mol. The summed E-state index contributed by atoms with van der Waals surface area (Å²) in [6.45, 7) is 22.1. The van der Waals surface area contributed by atoms with Crippen LogP contribution in [0.4, 0.5) is 21.0 Å². The van der Waals surface area contributed by atoms with Crippen LogP contribution in [-0.4, -0.2) is 214 Å². The zero-order valence-corrected chi connectivity index (χ0v) is 57.9. The lowest BCUT2D eigenvalue weighted by atomic mass is 9.85. The minimum Gasteiger partial charge on any atom is -0.444 e. The SMILES string of the molecule is C[C@@H](C(=O)N[C@H](C(=O)N1CC[C@@H]2[C@H]1[C@@H](C(=O)Nc1cccc3ccccc13)CN2C(=O)CNC(=O)C(=O)NCC(=O)N1C[C@H](C(=O)Nc2cccc3ccccc23)[C@@H]2C1CCN2C(=O)[C@@H](NC(=O)[C@H](C)N(C)C(=O)OC(C)(C)C)C(C)(C)C)C(C)(C)C)N(C)C(=O)OC(C)(C)C. The van der Waals surface area contributed by atoms with Gasteiger partial charge < -0.3 is 61.0 Å². The van der Waals surface area contributed by atoms with Crippen LogP contribution in [0.15, 0.2) is 84.9 Å². The molecule has 1 unspecified atom stereocenters. The summed E-state index contributed by atoms with van der Waals surface area (Å²) in [6, 6.07) is 17.9. The summed E-state index contributed by atoms with van der Waals surface area (Å²) in [4.78, 5) is 178. The van der Waals surface area contributed by atoms with E-state index in [-0.39, 0.29) is 39.0 Å². The monoisotopic (exact) mass is 1330 g/mol. The Morgan fingerprint density at radius 2 is 0.812 bits per heavy atom. The fourth-order valence-electron chi connectivity index (χ4n) is 13.0. The van der Waals surface area contributed by atoms with E-state index in [1.165, 1.54) is 47.5 Å². The lowest BCUT2D eigenvalue weighted by molar-refractivity contribution is -0.142. The second-order valence-corrected chi connectivity index (χ2v) is 29.6. The Labute approximate surface area is 560 Å². The molecular weight excluding hydrogens is 1230 g/mol. The quantitative estimate of drug-likeness (QED) is 0.0783. The molecule has 10 atom stereocenters. The predicted octanol–water partition coefficient (Wildman–Crippen LogP) is 5.23. The highest BCUT2D eigenvalue weighted by molar-refractivity contribution is 6.35. The van der Waals surface area contributed by atoms with Gasteiger partial charge in [-0.05, 0) is 102 Å². The molecule has 26 heteroatoms. The van der Waals surface area contributed by atoms with Gasteiger partial charge in [0.1, 0.15) is 35.4 Å². The number of nitrogens with zero attached hydrogens (tertiary/aromatic N) is 6. The van der Waals surface area contributed by atoms with Crippen LogP contribution in [0.1, 0.15) is 110 Å². The first kappa shape index (κ1) is 72.5. The van der Waals surface area contributed by atoms with Crippen LogP contribution in [0.5, 0.6) is 0 Å². The van der Waals surface area contributed by atoms with E-state index in [1.807, 2.05) is 60.7 Å². The van der Waals surface area contributed by atoms with Gasteiger partial charge in [0.15, 0.2) is 0 Å². The lowest BCUT2D eigenvalue weighted by Gasteiger charge is -2.37. The molecule has 4 aliphatic rings. The molecule has 518 valence electrons. The Morgan fingerprint density at radius 3 is 1.15 bits per heavy atom. The highest BCUT2D eigenvalue weighted by Crippen LogP contribution is 2.41. The minimum atomic E-state index is -1.26. The molecule has 0 aromatic heterocycles. The number of hydrogen-bond acceptors (Lipinski definition) is 14. The highest BCUT2D eigenvalue weighted by Gasteiger charge is 2.58. The van der Waals surface area contributed by atoms with Crippen molar-refractivity contribution in [3.63, 3.8) is 0 Å². The Kier molecular flexibility index (Phi) is 21.5. The van der Waals surface area contributed by atoms with Crippen molar-refractivity contribution in [3.05, 3.63) is 84.9 Å². The standard InChI is InChI=1S/C70H94N12O14/c1-39(77(15)65(93)95-69(9,10)11)57(85)75-55(67(3,4)5)63(91)79-33-31-49-53(79)45(59(87)73-47-29-21-25-41-23-17-19-27-43(41)47)37-81(49)51(83)35-71-61(89)62(90)72-36-52(84)82-38-46(60(88)74-48-30-22-26-42-24-18-20-28-44(42)48)54-50(82)32-34-80(54)64(92)56(68(6,7)8)76-58(86)40(2)78(16)66(94)96-70(12,13)14/h17-30,39-40,45-46,49-50,53-56H,31-38H2,1-16H3,(H,71,89)(H,72,90)(H,73,87)(H,74,88)(H,75,85)(H,76,86)/t39-,40-,45-,46-,49+,50?,53+,54+,55+,56+/m0/s1. The van der Waals surface area contributed by atoms with Crippen molar-refractivity contribution in [2.75, 3.05) is 64.0 Å². The van der Waals surface area contributed by atoms with Crippen LogP contribution in [0.2, 0.25) is 0 Å². The first-order valence-corrected chi connectivity index (χ1v) is 32.6. The van der Waals surface area contributed by atoms with E-state index in [2.05, 4.69) is 31.9 Å². The molecule has 4 fully saturated rings. The average molecular weight is 1330 g/mol. The average Bonchev–Trinajstić information content (AvgIpc) is 1.60. The molecule has 0 saturated carbocycles. The lowest BCUT2D eigenvalue weighted by Crippen LogP contribution is -2.60. The summed E-state index contributed by atoms with van der Waals surface area (Å²) in [5.41, 5.74) is -2.52. The molecule has 26 nitrogen and oxygen atoms in total. The number of fused-ring (bicyclic) bond motifs is 4. The molecule has 0 aliphatic carbocycles. The molecule has 12 amide bonds. The molecule has 4 aromatic carbocycles. The molecule has 4 heterocycles. The van der Waals surface area contributed by atoms with E-state index >= 15 is 9.59 Å². The summed E-state index contributed by atoms with van der Waals surface area (Å²) in [7, 11) is 2.83. The summed E-state index contributed by atoms with van der Waals surface area (Å²) in [5, 5.41) is 19.7. The zero-order chi connectivity index (χ0) is 70.8. The van der Waals surface area contributed by atoms with E-state index < -0.39 is 167 Å². The van der Waals surface area contributed by atoms with Gasteiger partial charge in [0.05, 0.1) is 49.1 Å². The first-order chi connectivity index (χ1) is 44.8. The third-order valence-electron chi connectivity index (χ3n) is 18.3. The molecule has 4 aliphatic heterocycles. The van der Waals surface area contributed by atoms with Gasteiger partial charge in [-0.15, -0.1) is 0 Å². The largest absolute Gasteiger partial charge is 0.444 e. The molecular formula is C70H94N12O14. The smallest absolute Gasteiger partial charge is 0.410 e. The zero-order valence-electron chi connectivity index (χ0n) is 57.9. The Morgan fingerprint density at radius 1 is 0.479 bits per heavy atom. The minimum absolute atomic E-state index is 0.0723. The maximum atomic E-state index is 15.0. The van der Waals surface area contributed by atoms with Crippen LogP contribution in [0.3, 0.4) is 0 Å².